The largest absolute Gasteiger partial charge is 0.392 e. The van der Waals surface area contributed by atoms with Crippen LogP contribution in [0.4, 0.5) is 20.3 Å². The van der Waals surface area contributed by atoms with Gasteiger partial charge in [0.15, 0.2) is 5.82 Å². The molecule has 0 amide bonds. The van der Waals surface area contributed by atoms with Gasteiger partial charge in [0.25, 0.3) is 0 Å². The topological polar surface area (TPSA) is 70.5 Å². The van der Waals surface area contributed by atoms with Gasteiger partial charge in [-0.2, -0.15) is 5.10 Å². The van der Waals surface area contributed by atoms with Crippen LogP contribution in [0.1, 0.15) is 37.1 Å². The molecule has 0 saturated carbocycles. The van der Waals surface area contributed by atoms with Crippen molar-refractivity contribution in [2.24, 2.45) is 12.8 Å². The summed E-state index contributed by atoms with van der Waals surface area (Å²) in [7, 11) is 1.83. The summed E-state index contributed by atoms with van der Waals surface area (Å²) in [4.78, 5) is 3.86. The normalized spacial score (nSPS) is 25.3. The van der Waals surface area contributed by atoms with Crippen molar-refractivity contribution in [2.45, 2.75) is 37.2 Å². The van der Waals surface area contributed by atoms with Gasteiger partial charge in [0.1, 0.15) is 22.7 Å². The molecule has 2 aromatic rings. The Labute approximate surface area is 173 Å². The summed E-state index contributed by atoms with van der Waals surface area (Å²) >= 11 is 1.20. The van der Waals surface area contributed by atoms with Gasteiger partial charge in [0.2, 0.25) is 0 Å². The van der Waals surface area contributed by atoms with Gasteiger partial charge in [-0.25, -0.2) is 8.78 Å². The number of halogens is 2. The average molecular weight is 422 g/mol. The third-order valence-electron chi connectivity index (χ3n) is 5.40. The fourth-order valence-corrected chi connectivity index (χ4v) is 5.15. The van der Waals surface area contributed by atoms with Crippen molar-refractivity contribution in [2.75, 3.05) is 22.9 Å². The zero-order chi connectivity index (χ0) is 20.8. The Morgan fingerprint density at radius 3 is 2.72 bits per heavy atom. The summed E-state index contributed by atoms with van der Waals surface area (Å²) in [6.07, 6.45) is 5.98. The van der Waals surface area contributed by atoms with E-state index in [1.165, 1.54) is 30.0 Å². The van der Waals surface area contributed by atoms with Gasteiger partial charge in [-0.15, -0.1) is 0 Å². The highest BCUT2D eigenvalue weighted by molar-refractivity contribution is 8.03. The second-order valence-electron chi connectivity index (χ2n) is 7.90. The number of aryl methyl sites for hydroxylation is 1. The molecule has 156 valence electrons. The number of thioether (sulfide) groups is 1. The van der Waals surface area contributed by atoms with Gasteiger partial charge in [0, 0.05) is 26.3 Å². The Hall–Kier alpha value is -2.26. The van der Waals surface area contributed by atoms with Gasteiger partial charge in [-0.3, -0.25) is 4.68 Å². The van der Waals surface area contributed by atoms with Crippen molar-refractivity contribution in [1.82, 2.24) is 9.78 Å². The molecule has 2 aliphatic heterocycles. The number of β-amino-alcohol motifs (C(OH)–C–C–N with tert-alkyl or cyclic N) is 1. The van der Waals surface area contributed by atoms with Gasteiger partial charge < -0.3 is 20.6 Å². The molecule has 29 heavy (non-hydrogen) atoms. The number of rotatable bonds is 3. The molecule has 1 aromatic carbocycles. The molecule has 3 heterocycles. The van der Waals surface area contributed by atoms with Crippen molar-refractivity contribution in [3.05, 3.63) is 52.8 Å². The molecule has 0 aliphatic carbocycles. The SMILES string of the molecule is Cn1ncc(N2C=C(N)SC2c2c(F)cccc2F)c1N1CCCCC(C)(O)C1. The highest BCUT2D eigenvalue weighted by Gasteiger charge is 2.36. The van der Waals surface area contributed by atoms with E-state index in [1.807, 2.05) is 14.0 Å². The third-order valence-corrected chi connectivity index (χ3v) is 6.47. The van der Waals surface area contributed by atoms with Crippen LogP contribution in [0.15, 0.2) is 35.6 Å². The summed E-state index contributed by atoms with van der Waals surface area (Å²) in [5.74, 6) is -0.432. The lowest BCUT2D eigenvalue weighted by molar-refractivity contribution is 0.0611. The van der Waals surface area contributed by atoms with Crippen LogP contribution >= 0.6 is 11.8 Å². The Bertz CT molecular complexity index is 925. The number of benzene rings is 1. The van der Waals surface area contributed by atoms with E-state index < -0.39 is 22.6 Å². The van der Waals surface area contributed by atoms with Crippen molar-refractivity contribution in [3.63, 3.8) is 0 Å². The summed E-state index contributed by atoms with van der Waals surface area (Å²) in [5, 5.41) is 14.9. The Balaban J connectivity index is 1.76. The van der Waals surface area contributed by atoms with Crippen LogP contribution in [0.2, 0.25) is 0 Å². The molecule has 2 atom stereocenters. The molecule has 9 heteroatoms. The number of aliphatic hydroxyl groups is 1. The molecule has 4 rings (SSSR count). The van der Waals surface area contributed by atoms with Crippen molar-refractivity contribution >= 4 is 23.3 Å². The predicted molar refractivity (Wildman–Crippen MR) is 111 cm³/mol. The molecular formula is C20H25F2N5OS. The highest BCUT2D eigenvalue weighted by atomic mass is 32.2. The first kappa shape index (κ1) is 20.0. The quantitative estimate of drug-likeness (QED) is 0.791. The second-order valence-corrected chi connectivity index (χ2v) is 9.05. The second kappa shape index (κ2) is 7.53. The smallest absolute Gasteiger partial charge is 0.151 e. The maximum absolute atomic E-state index is 14.5. The van der Waals surface area contributed by atoms with Crippen LogP contribution in [0, 0.1) is 11.6 Å². The van der Waals surface area contributed by atoms with Gasteiger partial charge in [0.05, 0.1) is 22.4 Å². The van der Waals surface area contributed by atoms with Crippen LogP contribution in [-0.4, -0.2) is 33.6 Å². The standard InChI is InChI=1S/C20H25F2N5OS/c1-20(28)8-3-4-9-26(12-20)18-15(10-24-25(18)2)27-11-16(23)29-19(27)17-13(21)6-5-7-14(17)22/h5-7,10-11,19,28H,3-4,8-9,12,23H2,1-2H3. The molecule has 1 fully saturated rings. The number of anilines is 2. The molecule has 1 saturated heterocycles. The lowest BCUT2D eigenvalue weighted by Crippen LogP contribution is -2.40. The summed E-state index contributed by atoms with van der Waals surface area (Å²) in [6.45, 7) is 3.06. The minimum absolute atomic E-state index is 0.0353. The minimum atomic E-state index is -0.816. The van der Waals surface area contributed by atoms with Gasteiger partial charge in [-0.1, -0.05) is 17.8 Å². The van der Waals surface area contributed by atoms with Crippen molar-refractivity contribution in [1.29, 1.82) is 0 Å². The lowest BCUT2D eigenvalue weighted by atomic mass is 10.0. The molecule has 2 unspecified atom stereocenters. The molecule has 2 aliphatic rings. The molecule has 0 spiro atoms. The average Bonchev–Trinajstić information content (AvgIpc) is 3.14. The molecule has 3 N–H and O–H groups in total. The molecule has 6 nitrogen and oxygen atoms in total. The Kier molecular flexibility index (Phi) is 5.20. The molecule has 0 radical (unpaired) electrons. The Morgan fingerprint density at radius 1 is 1.28 bits per heavy atom. The summed E-state index contributed by atoms with van der Waals surface area (Å²) in [6, 6.07) is 3.85. The number of hydrogen-bond donors (Lipinski definition) is 2. The number of aromatic nitrogens is 2. The maximum Gasteiger partial charge on any atom is 0.151 e. The molecule has 1 aromatic heterocycles. The molecule has 0 bridgehead atoms. The van der Waals surface area contributed by atoms with Crippen LogP contribution in [0.5, 0.6) is 0 Å². The van der Waals surface area contributed by atoms with Crippen molar-refractivity contribution in [3.8, 4) is 0 Å². The van der Waals surface area contributed by atoms with Crippen LogP contribution < -0.4 is 15.5 Å². The van der Waals surface area contributed by atoms with Crippen molar-refractivity contribution < 1.29 is 13.9 Å². The first-order valence-corrected chi connectivity index (χ1v) is 10.5. The number of hydrogen-bond acceptors (Lipinski definition) is 6. The molecular weight excluding hydrogens is 396 g/mol. The summed E-state index contributed by atoms with van der Waals surface area (Å²) in [5.41, 5.74) is 5.90. The van der Waals surface area contributed by atoms with Gasteiger partial charge >= 0.3 is 0 Å². The zero-order valence-corrected chi connectivity index (χ0v) is 17.3. The fraction of sp³-hybridized carbons (Fsp3) is 0.450. The first-order valence-electron chi connectivity index (χ1n) is 9.62. The summed E-state index contributed by atoms with van der Waals surface area (Å²) < 4.78 is 30.8. The Morgan fingerprint density at radius 2 is 2.00 bits per heavy atom. The van der Waals surface area contributed by atoms with E-state index >= 15 is 0 Å². The van der Waals surface area contributed by atoms with Crippen LogP contribution in [-0.2, 0) is 7.05 Å². The fourth-order valence-electron chi connectivity index (χ4n) is 4.09. The van der Waals surface area contributed by atoms with Gasteiger partial charge in [-0.05, 0) is 38.3 Å². The minimum Gasteiger partial charge on any atom is -0.392 e. The maximum atomic E-state index is 14.5. The van der Waals surface area contributed by atoms with E-state index in [-0.39, 0.29) is 5.56 Å². The van der Waals surface area contributed by atoms with Crippen LogP contribution in [0.3, 0.4) is 0 Å². The van der Waals surface area contributed by atoms with E-state index in [2.05, 4.69) is 10.00 Å². The zero-order valence-electron chi connectivity index (χ0n) is 16.5. The number of nitrogens with two attached hydrogens (primary N) is 1. The van der Waals surface area contributed by atoms with Crippen LogP contribution in [0.25, 0.3) is 0 Å². The van der Waals surface area contributed by atoms with E-state index in [0.29, 0.717) is 17.3 Å². The lowest BCUT2D eigenvalue weighted by Gasteiger charge is -2.33. The van der Waals surface area contributed by atoms with E-state index in [9.17, 15) is 13.9 Å². The highest BCUT2D eigenvalue weighted by Crippen LogP contribution is 2.48. The van der Waals surface area contributed by atoms with E-state index in [0.717, 1.165) is 31.6 Å². The predicted octanol–water partition coefficient (Wildman–Crippen LogP) is 3.45. The van der Waals surface area contributed by atoms with E-state index in [4.69, 9.17) is 5.73 Å². The van der Waals surface area contributed by atoms with E-state index in [1.54, 1.807) is 22.0 Å². The first-order chi connectivity index (χ1) is 13.8. The monoisotopic (exact) mass is 421 g/mol. The third kappa shape index (κ3) is 3.81. The number of nitrogens with zero attached hydrogens (tertiary/aromatic N) is 4.